The van der Waals surface area contributed by atoms with Crippen LogP contribution in [0.15, 0.2) is 30.3 Å². The number of amides is 3. The summed E-state index contributed by atoms with van der Waals surface area (Å²) in [5, 5.41) is 3.97. The Hall–Kier alpha value is -2.93. The molecule has 26 heavy (non-hydrogen) atoms. The van der Waals surface area contributed by atoms with E-state index in [2.05, 4.69) is 5.32 Å². The monoisotopic (exact) mass is 355 g/mol. The quantitative estimate of drug-likeness (QED) is 0.834. The molecule has 0 aliphatic carbocycles. The van der Waals surface area contributed by atoms with Crippen molar-refractivity contribution in [3.8, 4) is 0 Å². The highest BCUT2D eigenvalue weighted by Crippen LogP contribution is 2.32. The molecule has 0 saturated carbocycles. The van der Waals surface area contributed by atoms with E-state index in [1.807, 2.05) is 25.1 Å². The van der Waals surface area contributed by atoms with Crippen LogP contribution in [-0.4, -0.2) is 61.5 Å². The summed E-state index contributed by atoms with van der Waals surface area (Å²) >= 11 is 0. The maximum Gasteiger partial charge on any atom is 0.411 e. The van der Waals surface area contributed by atoms with Gasteiger partial charge in [-0.2, -0.15) is 0 Å². The van der Waals surface area contributed by atoms with E-state index in [1.165, 1.54) is 4.90 Å². The van der Waals surface area contributed by atoms with Gasteiger partial charge < -0.3 is 9.64 Å². The first kappa shape index (κ1) is 17.9. The Morgan fingerprint density at radius 1 is 1.15 bits per heavy atom. The number of carbonyl (C=O) groups is 3. The van der Waals surface area contributed by atoms with Gasteiger partial charge in [0.2, 0.25) is 0 Å². The smallest absolute Gasteiger partial charge is 0.411 e. The number of hydrogen-bond acceptors (Lipinski definition) is 5. The number of rotatable bonds is 5. The minimum absolute atomic E-state index is 0.252. The third kappa shape index (κ3) is 3.25. The minimum atomic E-state index is -0.584. The highest BCUT2D eigenvalue weighted by Gasteiger charge is 2.33. The summed E-state index contributed by atoms with van der Waals surface area (Å²) in [4.78, 5) is 40.6. The Labute approximate surface area is 151 Å². The minimum Gasteiger partial charge on any atom is -0.450 e. The van der Waals surface area contributed by atoms with Crippen molar-refractivity contribution in [1.82, 2.24) is 9.80 Å². The van der Waals surface area contributed by atoms with Gasteiger partial charge in [0.1, 0.15) is 0 Å². The molecule has 7 heteroatoms. The third-order valence-electron chi connectivity index (χ3n) is 4.22. The van der Waals surface area contributed by atoms with E-state index in [0.29, 0.717) is 35.3 Å². The average Bonchev–Trinajstić information content (AvgIpc) is 2.59. The van der Waals surface area contributed by atoms with Crippen LogP contribution in [0.2, 0.25) is 0 Å². The highest BCUT2D eigenvalue weighted by molar-refractivity contribution is 6.26. The van der Waals surface area contributed by atoms with Crippen LogP contribution in [-0.2, 0) is 4.74 Å². The molecule has 1 N–H and O–H groups in total. The summed E-state index contributed by atoms with van der Waals surface area (Å²) in [6.07, 6.45) is -0.584. The Bertz CT molecular complexity index is 892. The molecule has 0 unspecified atom stereocenters. The lowest BCUT2D eigenvalue weighted by Gasteiger charge is -2.28. The molecule has 0 radical (unpaired) electrons. The number of carbonyl (C=O) groups excluding carboxylic acids is 3. The molecule has 1 aliphatic heterocycles. The van der Waals surface area contributed by atoms with Crippen LogP contribution in [0.4, 0.5) is 10.5 Å². The first-order valence-corrected chi connectivity index (χ1v) is 8.44. The lowest BCUT2D eigenvalue weighted by molar-refractivity contribution is 0.0601. The molecule has 2 aromatic carbocycles. The van der Waals surface area contributed by atoms with Gasteiger partial charge in [-0.1, -0.05) is 12.1 Å². The molecule has 136 valence electrons. The van der Waals surface area contributed by atoms with E-state index in [0.717, 1.165) is 5.39 Å². The van der Waals surface area contributed by atoms with E-state index in [1.54, 1.807) is 31.2 Å². The Balaban J connectivity index is 2.05. The van der Waals surface area contributed by atoms with Crippen LogP contribution in [0.1, 0.15) is 27.6 Å². The van der Waals surface area contributed by atoms with E-state index in [-0.39, 0.29) is 18.4 Å². The van der Waals surface area contributed by atoms with Gasteiger partial charge in [-0.05, 0) is 44.6 Å². The molecule has 3 rings (SSSR count). The summed E-state index contributed by atoms with van der Waals surface area (Å²) in [7, 11) is 3.77. The first-order valence-electron chi connectivity index (χ1n) is 8.44. The van der Waals surface area contributed by atoms with Crippen LogP contribution in [0.3, 0.4) is 0 Å². The van der Waals surface area contributed by atoms with Crippen LogP contribution in [0, 0.1) is 0 Å². The topological polar surface area (TPSA) is 79.0 Å². The van der Waals surface area contributed by atoms with Gasteiger partial charge in [-0.15, -0.1) is 0 Å². The van der Waals surface area contributed by atoms with Gasteiger partial charge in [0.25, 0.3) is 11.8 Å². The summed E-state index contributed by atoms with van der Waals surface area (Å²) in [5.41, 5.74) is 1.36. The van der Waals surface area contributed by atoms with Crippen molar-refractivity contribution in [3.63, 3.8) is 0 Å². The van der Waals surface area contributed by atoms with E-state index < -0.39 is 6.09 Å². The second kappa shape index (κ2) is 7.13. The largest absolute Gasteiger partial charge is 0.450 e. The number of anilines is 1. The van der Waals surface area contributed by atoms with Crippen molar-refractivity contribution in [3.05, 3.63) is 41.5 Å². The van der Waals surface area contributed by atoms with Gasteiger partial charge in [-0.3, -0.25) is 19.8 Å². The van der Waals surface area contributed by atoms with E-state index >= 15 is 0 Å². The summed E-state index contributed by atoms with van der Waals surface area (Å²) in [5.74, 6) is -0.644. The number of likely N-dealkylation sites (N-methyl/N-ethyl adjacent to an activating group) is 1. The molecule has 0 fully saturated rings. The Kier molecular flexibility index (Phi) is 4.90. The third-order valence-corrected chi connectivity index (χ3v) is 4.22. The van der Waals surface area contributed by atoms with Crippen molar-refractivity contribution in [2.75, 3.05) is 39.1 Å². The molecule has 0 atom stereocenters. The van der Waals surface area contributed by atoms with Crippen LogP contribution in [0.25, 0.3) is 10.8 Å². The number of hydrogen-bond donors (Lipinski definition) is 1. The molecule has 3 amide bonds. The second-order valence-electron chi connectivity index (χ2n) is 6.34. The fraction of sp³-hybridized carbons (Fsp3) is 0.316. The highest BCUT2D eigenvalue weighted by atomic mass is 16.5. The maximum absolute atomic E-state index is 12.9. The molecule has 0 bridgehead atoms. The molecular formula is C19H21N3O4. The number of ether oxygens (including phenoxy) is 1. The second-order valence-corrected chi connectivity index (χ2v) is 6.34. The maximum atomic E-state index is 12.9. The summed E-state index contributed by atoms with van der Waals surface area (Å²) in [6.45, 7) is 2.84. The zero-order valence-electron chi connectivity index (χ0n) is 15.0. The van der Waals surface area contributed by atoms with Crippen LogP contribution in [0.5, 0.6) is 0 Å². The number of benzene rings is 2. The van der Waals surface area contributed by atoms with Crippen molar-refractivity contribution in [1.29, 1.82) is 0 Å². The zero-order valence-corrected chi connectivity index (χ0v) is 15.0. The van der Waals surface area contributed by atoms with Crippen molar-refractivity contribution in [2.45, 2.75) is 6.92 Å². The molecule has 1 aliphatic rings. The number of nitrogens with zero attached hydrogens (tertiary/aromatic N) is 2. The predicted octanol–water partition coefficient (Wildman–Crippen LogP) is 2.57. The van der Waals surface area contributed by atoms with Gasteiger partial charge in [0.15, 0.2) is 0 Å². The number of nitrogens with one attached hydrogen (secondary N) is 1. The van der Waals surface area contributed by atoms with Gasteiger partial charge in [0, 0.05) is 29.7 Å². The standard InChI is InChI=1S/C19H21N3O4/c1-4-26-19(25)20-13-10-12-6-5-7-14-16(12)15(11-13)18(24)22(17(14)23)9-8-21(2)3/h5-7,10-11H,4,8-9H2,1-3H3,(H,20,25). The lowest BCUT2D eigenvalue weighted by atomic mass is 9.93. The van der Waals surface area contributed by atoms with Crippen LogP contribution >= 0.6 is 0 Å². The van der Waals surface area contributed by atoms with E-state index in [4.69, 9.17) is 4.74 Å². The lowest BCUT2D eigenvalue weighted by Crippen LogP contribution is -2.43. The van der Waals surface area contributed by atoms with Gasteiger partial charge in [0.05, 0.1) is 12.2 Å². The van der Waals surface area contributed by atoms with E-state index in [9.17, 15) is 14.4 Å². The SMILES string of the molecule is CCOC(=O)Nc1cc2c3c(cccc3c1)C(=O)N(CCN(C)C)C2=O. The molecule has 2 aromatic rings. The van der Waals surface area contributed by atoms with Crippen molar-refractivity contribution >= 4 is 34.4 Å². The predicted molar refractivity (Wildman–Crippen MR) is 98.5 cm³/mol. The summed E-state index contributed by atoms with van der Waals surface area (Å²) in [6, 6.07) is 8.64. The van der Waals surface area contributed by atoms with Crippen LogP contribution < -0.4 is 5.32 Å². The molecule has 1 heterocycles. The molecule has 0 spiro atoms. The van der Waals surface area contributed by atoms with Gasteiger partial charge in [-0.25, -0.2) is 4.79 Å². The number of imide groups is 1. The first-order chi connectivity index (χ1) is 12.4. The average molecular weight is 355 g/mol. The van der Waals surface area contributed by atoms with Crippen molar-refractivity contribution < 1.29 is 19.1 Å². The molecule has 0 saturated heterocycles. The molecule has 0 aromatic heterocycles. The Morgan fingerprint density at radius 3 is 2.58 bits per heavy atom. The fourth-order valence-electron chi connectivity index (χ4n) is 3.02. The normalized spacial score (nSPS) is 13.5. The molecular weight excluding hydrogens is 334 g/mol. The Morgan fingerprint density at radius 2 is 1.88 bits per heavy atom. The zero-order chi connectivity index (χ0) is 18.8. The van der Waals surface area contributed by atoms with Crippen molar-refractivity contribution in [2.24, 2.45) is 0 Å². The molecule has 7 nitrogen and oxygen atoms in total. The fourth-order valence-corrected chi connectivity index (χ4v) is 3.02. The van der Waals surface area contributed by atoms with Gasteiger partial charge >= 0.3 is 6.09 Å². The summed E-state index contributed by atoms with van der Waals surface area (Å²) < 4.78 is 4.89.